The van der Waals surface area contributed by atoms with Gasteiger partial charge >= 0.3 is 0 Å². The molecule has 3 aromatic rings. The molecule has 0 radical (unpaired) electrons. The van der Waals surface area contributed by atoms with Crippen LogP contribution in [-0.4, -0.2) is 4.98 Å². The molecule has 2 aromatic carbocycles. The summed E-state index contributed by atoms with van der Waals surface area (Å²) in [5.74, 6) is 0.671. The third-order valence-electron chi connectivity index (χ3n) is 3.28. The zero-order valence-corrected chi connectivity index (χ0v) is 10.9. The summed E-state index contributed by atoms with van der Waals surface area (Å²) in [6.07, 6.45) is 3.12. The Labute approximate surface area is 107 Å². The molecule has 0 N–H and O–H groups in total. The van der Waals surface area contributed by atoms with E-state index in [-0.39, 0.29) is 0 Å². The molecule has 0 bridgehead atoms. The first-order chi connectivity index (χ1) is 8.74. The van der Waals surface area contributed by atoms with Crippen LogP contribution in [0.25, 0.3) is 21.7 Å². The number of nitrogens with zero attached hydrogens (tertiary/aromatic N) is 1. The number of hydrogen-bond donors (Lipinski definition) is 0. The van der Waals surface area contributed by atoms with Crippen LogP contribution in [0.3, 0.4) is 0 Å². The summed E-state index contributed by atoms with van der Waals surface area (Å²) in [5, 5.41) is 3.74. The Bertz CT molecular complexity index is 698. The van der Waals surface area contributed by atoms with E-state index in [2.05, 4.69) is 61.3 Å². The Kier molecular flexibility index (Phi) is 2.75. The van der Waals surface area contributed by atoms with Crippen LogP contribution in [0.1, 0.15) is 19.4 Å². The second-order valence-corrected chi connectivity index (χ2v) is 5.30. The minimum absolute atomic E-state index is 0.671. The number of benzene rings is 2. The monoisotopic (exact) mass is 235 g/mol. The second-order valence-electron chi connectivity index (χ2n) is 5.30. The molecule has 0 amide bonds. The van der Waals surface area contributed by atoms with Crippen LogP contribution in [0.5, 0.6) is 0 Å². The van der Waals surface area contributed by atoms with E-state index in [4.69, 9.17) is 0 Å². The molecule has 3 rings (SSSR count). The molecule has 0 aliphatic carbocycles. The predicted octanol–water partition coefficient (Wildman–Crippen LogP) is 4.59. The second kappa shape index (κ2) is 4.41. The molecule has 1 aromatic heterocycles. The number of hydrogen-bond acceptors (Lipinski definition) is 1. The van der Waals surface area contributed by atoms with Gasteiger partial charge in [-0.05, 0) is 29.4 Å². The lowest BCUT2D eigenvalue weighted by Crippen LogP contribution is -1.95. The molecule has 0 fully saturated rings. The first-order valence-electron chi connectivity index (χ1n) is 6.50. The van der Waals surface area contributed by atoms with Crippen molar-refractivity contribution in [1.82, 2.24) is 4.98 Å². The van der Waals surface area contributed by atoms with Gasteiger partial charge in [-0.1, -0.05) is 50.2 Å². The third kappa shape index (κ3) is 1.97. The van der Waals surface area contributed by atoms with E-state index in [1.807, 2.05) is 6.20 Å². The van der Waals surface area contributed by atoms with Gasteiger partial charge in [0.1, 0.15) is 0 Å². The molecule has 1 nitrogen and oxygen atoms in total. The summed E-state index contributed by atoms with van der Waals surface area (Å²) in [5.41, 5.74) is 2.44. The van der Waals surface area contributed by atoms with Crippen molar-refractivity contribution in [2.75, 3.05) is 0 Å². The average Bonchev–Trinajstić information content (AvgIpc) is 2.37. The highest BCUT2D eigenvalue weighted by atomic mass is 14.7. The minimum Gasteiger partial charge on any atom is -0.255 e. The fourth-order valence-electron chi connectivity index (χ4n) is 2.50. The van der Waals surface area contributed by atoms with E-state index in [1.54, 1.807) is 0 Å². The van der Waals surface area contributed by atoms with E-state index in [0.717, 1.165) is 11.9 Å². The molecule has 0 aliphatic rings. The Morgan fingerprint density at radius 2 is 1.78 bits per heavy atom. The highest BCUT2D eigenvalue weighted by Gasteiger charge is 2.04. The number of aromatic nitrogens is 1. The first kappa shape index (κ1) is 11.2. The Morgan fingerprint density at radius 3 is 2.61 bits per heavy atom. The molecule has 0 unspecified atom stereocenters. The topological polar surface area (TPSA) is 12.9 Å². The highest BCUT2D eigenvalue weighted by Crippen LogP contribution is 2.24. The van der Waals surface area contributed by atoms with Gasteiger partial charge in [0.05, 0.1) is 5.52 Å². The Balaban J connectivity index is 2.21. The van der Waals surface area contributed by atoms with Gasteiger partial charge in [-0.2, -0.15) is 0 Å². The maximum atomic E-state index is 4.66. The molecule has 18 heavy (non-hydrogen) atoms. The summed E-state index contributed by atoms with van der Waals surface area (Å²) in [6.45, 7) is 4.48. The molecule has 0 atom stereocenters. The molecule has 0 saturated heterocycles. The Morgan fingerprint density at radius 1 is 1.00 bits per heavy atom. The molecule has 0 aliphatic heterocycles. The van der Waals surface area contributed by atoms with Crippen LogP contribution in [0, 0.1) is 5.92 Å². The first-order valence-corrected chi connectivity index (χ1v) is 6.50. The van der Waals surface area contributed by atoms with Crippen molar-refractivity contribution in [2.45, 2.75) is 20.3 Å². The maximum absolute atomic E-state index is 4.66. The highest BCUT2D eigenvalue weighted by molar-refractivity contribution is 6.05. The van der Waals surface area contributed by atoms with E-state index in [0.29, 0.717) is 5.92 Å². The number of fused-ring (bicyclic) bond motifs is 3. The van der Waals surface area contributed by atoms with Gasteiger partial charge in [-0.3, -0.25) is 4.98 Å². The fraction of sp³-hybridized carbons (Fsp3) is 0.235. The normalized spacial score (nSPS) is 11.5. The van der Waals surface area contributed by atoms with Gasteiger partial charge in [0, 0.05) is 17.0 Å². The zero-order chi connectivity index (χ0) is 12.5. The maximum Gasteiger partial charge on any atom is 0.0780 e. The van der Waals surface area contributed by atoms with E-state index < -0.39 is 0 Å². The van der Waals surface area contributed by atoms with Crippen molar-refractivity contribution in [2.24, 2.45) is 5.92 Å². The van der Waals surface area contributed by atoms with Crippen molar-refractivity contribution in [1.29, 1.82) is 0 Å². The molecular formula is C17H17N. The molecule has 90 valence electrons. The summed E-state index contributed by atoms with van der Waals surface area (Å²) in [4.78, 5) is 4.66. The van der Waals surface area contributed by atoms with Gasteiger partial charge in [0.25, 0.3) is 0 Å². The largest absolute Gasteiger partial charge is 0.255 e. The predicted molar refractivity (Wildman–Crippen MR) is 77.8 cm³/mol. The zero-order valence-electron chi connectivity index (χ0n) is 10.9. The van der Waals surface area contributed by atoms with Gasteiger partial charge in [0.15, 0.2) is 0 Å². The van der Waals surface area contributed by atoms with Crippen molar-refractivity contribution >= 4 is 21.7 Å². The van der Waals surface area contributed by atoms with Crippen LogP contribution in [0.15, 0.2) is 48.7 Å². The quantitative estimate of drug-likeness (QED) is 0.592. The van der Waals surface area contributed by atoms with Crippen LogP contribution in [0.2, 0.25) is 0 Å². The standard InChI is InChI=1S/C17H17N/c1-12(2)9-13-10-15-8-7-14-5-3-4-6-16(14)17(15)18-11-13/h3-8,10-12H,9H2,1-2H3. The lowest BCUT2D eigenvalue weighted by molar-refractivity contribution is 0.646. The summed E-state index contributed by atoms with van der Waals surface area (Å²) >= 11 is 0. The summed E-state index contributed by atoms with van der Waals surface area (Å²) in [7, 11) is 0. The summed E-state index contributed by atoms with van der Waals surface area (Å²) < 4.78 is 0. The smallest absolute Gasteiger partial charge is 0.0780 e. The van der Waals surface area contributed by atoms with Crippen molar-refractivity contribution in [3.63, 3.8) is 0 Å². The molecular weight excluding hydrogens is 218 g/mol. The molecule has 1 heterocycles. The van der Waals surface area contributed by atoms with Gasteiger partial charge < -0.3 is 0 Å². The van der Waals surface area contributed by atoms with E-state index >= 15 is 0 Å². The van der Waals surface area contributed by atoms with Crippen molar-refractivity contribution in [3.05, 3.63) is 54.2 Å². The third-order valence-corrected chi connectivity index (χ3v) is 3.28. The van der Waals surface area contributed by atoms with Gasteiger partial charge in [-0.25, -0.2) is 0 Å². The SMILES string of the molecule is CC(C)Cc1cnc2c(ccc3ccccc32)c1. The van der Waals surface area contributed by atoms with Crippen LogP contribution in [-0.2, 0) is 6.42 Å². The number of rotatable bonds is 2. The van der Waals surface area contributed by atoms with Crippen molar-refractivity contribution < 1.29 is 0 Å². The van der Waals surface area contributed by atoms with Crippen LogP contribution >= 0.6 is 0 Å². The van der Waals surface area contributed by atoms with E-state index in [9.17, 15) is 0 Å². The molecule has 0 spiro atoms. The fourth-order valence-corrected chi connectivity index (χ4v) is 2.50. The lowest BCUT2D eigenvalue weighted by Gasteiger charge is -2.07. The van der Waals surface area contributed by atoms with Crippen LogP contribution < -0.4 is 0 Å². The Hall–Kier alpha value is -1.89. The van der Waals surface area contributed by atoms with Gasteiger partial charge in [0.2, 0.25) is 0 Å². The number of pyridine rings is 1. The van der Waals surface area contributed by atoms with E-state index in [1.165, 1.54) is 21.7 Å². The van der Waals surface area contributed by atoms with Crippen LogP contribution in [0.4, 0.5) is 0 Å². The van der Waals surface area contributed by atoms with Crippen molar-refractivity contribution in [3.8, 4) is 0 Å². The lowest BCUT2D eigenvalue weighted by atomic mass is 10.0. The van der Waals surface area contributed by atoms with Gasteiger partial charge in [-0.15, -0.1) is 0 Å². The minimum atomic E-state index is 0.671. The average molecular weight is 235 g/mol. The summed E-state index contributed by atoms with van der Waals surface area (Å²) in [6, 6.07) is 15.1. The molecule has 0 saturated carbocycles. The molecule has 1 heteroatoms.